The van der Waals surface area contributed by atoms with Crippen molar-refractivity contribution < 1.29 is 37.2 Å². The SMILES string of the molecule is C=C(C(=O)OC)C(OC(=O)C(F)(F)F)c1ccccc1[N+](=O)[O-]. The van der Waals surface area contributed by atoms with E-state index in [4.69, 9.17) is 0 Å². The van der Waals surface area contributed by atoms with E-state index in [9.17, 15) is 32.9 Å². The van der Waals surface area contributed by atoms with E-state index >= 15 is 0 Å². The van der Waals surface area contributed by atoms with E-state index in [-0.39, 0.29) is 0 Å². The molecular formula is C13H10F3NO6. The Morgan fingerprint density at radius 2 is 1.87 bits per heavy atom. The van der Waals surface area contributed by atoms with Crippen LogP contribution in [-0.2, 0) is 19.1 Å². The first-order valence-corrected chi connectivity index (χ1v) is 5.87. The molecule has 0 aliphatic rings. The van der Waals surface area contributed by atoms with Crippen molar-refractivity contribution in [2.75, 3.05) is 7.11 Å². The summed E-state index contributed by atoms with van der Waals surface area (Å²) in [5.41, 5.74) is -1.78. The van der Waals surface area contributed by atoms with Crippen LogP contribution in [0.4, 0.5) is 18.9 Å². The summed E-state index contributed by atoms with van der Waals surface area (Å²) < 4.78 is 45.6. The van der Waals surface area contributed by atoms with Crippen LogP contribution in [0.5, 0.6) is 0 Å². The molecule has 0 saturated heterocycles. The minimum atomic E-state index is -5.35. The third-order valence-electron chi connectivity index (χ3n) is 2.64. The van der Waals surface area contributed by atoms with Crippen molar-refractivity contribution in [3.8, 4) is 0 Å². The van der Waals surface area contributed by atoms with Crippen molar-refractivity contribution in [2.45, 2.75) is 12.3 Å². The summed E-state index contributed by atoms with van der Waals surface area (Å²) in [6.45, 7) is 3.20. The Morgan fingerprint density at radius 1 is 1.30 bits per heavy atom. The molecule has 1 atom stereocenters. The minimum Gasteiger partial charge on any atom is -0.466 e. The first-order valence-electron chi connectivity index (χ1n) is 5.87. The predicted octanol–water partition coefficient (Wildman–Crippen LogP) is 2.47. The van der Waals surface area contributed by atoms with Crippen molar-refractivity contribution >= 4 is 17.6 Å². The molecule has 0 saturated carbocycles. The lowest BCUT2D eigenvalue weighted by Gasteiger charge is -2.19. The fraction of sp³-hybridized carbons (Fsp3) is 0.231. The summed E-state index contributed by atoms with van der Waals surface area (Å²) in [7, 11) is 0.926. The molecule has 0 N–H and O–H groups in total. The first-order chi connectivity index (χ1) is 10.6. The van der Waals surface area contributed by atoms with Crippen LogP contribution in [0, 0.1) is 10.1 Å². The van der Waals surface area contributed by atoms with Gasteiger partial charge in [0.15, 0.2) is 6.10 Å². The lowest BCUT2D eigenvalue weighted by Crippen LogP contribution is -2.29. The highest BCUT2D eigenvalue weighted by molar-refractivity contribution is 5.90. The third-order valence-corrected chi connectivity index (χ3v) is 2.64. The maximum Gasteiger partial charge on any atom is 0.490 e. The molecule has 1 unspecified atom stereocenters. The number of hydrogen-bond acceptors (Lipinski definition) is 6. The van der Waals surface area contributed by atoms with Gasteiger partial charge in [0.1, 0.15) is 0 Å². The van der Waals surface area contributed by atoms with Crippen LogP contribution >= 0.6 is 0 Å². The maximum atomic E-state index is 12.4. The number of para-hydroxylation sites is 1. The Balaban J connectivity index is 3.36. The first kappa shape index (κ1) is 18.1. The quantitative estimate of drug-likeness (QED) is 0.355. The fourth-order valence-electron chi connectivity index (χ4n) is 1.61. The van der Waals surface area contributed by atoms with E-state index in [1.807, 2.05) is 0 Å². The molecule has 0 fully saturated rings. The number of nitro groups is 1. The number of methoxy groups -OCH3 is 1. The number of rotatable bonds is 5. The van der Waals surface area contributed by atoms with Crippen LogP contribution in [0.3, 0.4) is 0 Å². The number of halogens is 3. The summed E-state index contributed by atoms with van der Waals surface area (Å²) in [5, 5.41) is 11.0. The molecule has 0 aliphatic carbocycles. The number of nitrogens with zero attached hydrogens (tertiary/aromatic N) is 1. The van der Waals surface area contributed by atoms with Crippen LogP contribution in [0.2, 0.25) is 0 Å². The molecule has 10 heteroatoms. The van der Waals surface area contributed by atoms with Gasteiger partial charge in [-0.15, -0.1) is 0 Å². The Morgan fingerprint density at radius 3 is 2.35 bits per heavy atom. The average Bonchev–Trinajstić information content (AvgIpc) is 2.49. The normalized spacial score (nSPS) is 12.2. The molecule has 124 valence electrons. The van der Waals surface area contributed by atoms with E-state index in [0.29, 0.717) is 0 Å². The van der Waals surface area contributed by atoms with Gasteiger partial charge in [-0.2, -0.15) is 13.2 Å². The number of carbonyl (C=O) groups is 2. The third kappa shape index (κ3) is 4.28. The minimum absolute atomic E-state index is 0.439. The van der Waals surface area contributed by atoms with Crippen molar-refractivity contribution in [3.05, 3.63) is 52.1 Å². The van der Waals surface area contributed by atoms with Crippen LogP contribution in [0.25, 0.3) is 0 Å². The number of esters is 2. The molecule has 0 aliphatic heterocycles. The van der Waals surface area contributed by atoms with Crippen molar-refractivity contribution in [1.82, 2.24) is 0 Å². The zero-order valence-electron chi connectivity index (χ0n) is 11.6. The van der Waals surface area contributed by atoms with Gasteiger partial charge in [0, 0.05) is 6.07 Å². The van der Waals surface area contributed by atoms with Crippen LogP contribution < -0.4 is 0 Å². The number of carbonyl (C=O) groups excluding carboxylic acids is 2. The lowest BCUT2D eigenvalue weighted by molar-refractivity contribution is -0.386. The molecule has 1 rings (SSSR count). The number of alkyl halides is 3. The van der Waals surface area contributed by atoms with Gasteiger partial charge < -0.3 is 9.47 Å². The predicted molar refractivity (Wildman–Crippen MR) is 69.1 cm³/mol. The van der Waals surface area contributed by atoms with Crippen molar-refractivity contribution in [3.63, 3.8) is 0 Å². The zero-order chi connectivity index (χ0) is 17.8. The van der Waals surface area contributed by atoms with Gasteiger partial charge in [0.2, 0.25) is 0 Å². The topological polar surface area (TPSA) is 95.7 Å². The summed E-state index contributed by atoms with van der Waals surface area (Å²) in [6.07, 6.45) is -7.36. The van der Waals surface area contributed by atoms with Gasteiger partial charge in [-0.3, -0.25) is 10.1 Å². The molecule has 0 bridgehead atoms. The Kier molecular flexibility index (Phi) is 5.44. The second-order valence-corrected chi connectivity index (χ2v) is 4.12. The average molecular weight is 333 g/mol. The Labute approximate surface area is 127 Å². The number of nitro benzene ring substituents is 1. The zero-order valence-corrected chi connectivity index (χ0v) is 11.6. The van der Waals surface area contributed by atoms with Crippen molar-refractivity contribution in [2.24, 2.45) is 0 Å². The van der Waals surface area contributed by atoms with Gasteiger partial charge in [-0.1, -0.05) is 18.7 Å². The Bertz CT molecular complexity index is 655. The van der Waals surface area contributed by atoms with E-state index < -0.39 is 46.0 Å². The van der Waals surface area contributed by atoms with E-state index in [2.05, 4.69) is 16.1 Å². The fourth-order valence-corrected chi connectivity index (χ4v) is 1.61. The van der Waals surface area contributed by atoms with Gasteiger partial charge in [-0.25, -0.2) is 9.59 Å². The second kappa shape index (κ2) is 6.90. The number of ether oxygens (including phenoxy) is 2. The second-order valence-electron chi connectivity index (χ2n) is 4.12. The summed E-state index contributed by atoms with van der Waals surface area (Å²) in [6, 6.07) is 4.54. The molecule has 0 amide bonds. The number of benzene rings is 1. The van der Waals surface area contributed by atoms with Crippen LogP contribution in [0.15, 0.2) is 36.4 Å². The molecule has 0 spiro atoms. The van der Waals surface area contributed by atoms with Crippen molar-refractivity contribution in [1.29, 1.82) is 0 Å². The highest BCUT2D eigenvalue weighted by Gasteiger charge is 2.44. The van der Waals surface area contributed by atoms with E-state index in [0.717, 1.165) is 19.2 Å². The maximum absolute atomic E-state index is 12.4. The largest absolute Gasteiger partial charge is 0.490 e. The number of hydrogen-bond donors (Lipinski definition) is 0. The highest BCUT2D eigenvalue weighted by Crippen LogP contribution is 2.34. The molecule has 1 aromatic carbocycles. The summed E-state index contributed by atoms with van der Waals surface area (Å²) in [4.78, 5) is 32.6. The standard InChI is InChI=1S/C13H10F3NO6/c1-7(11(18)22-2)10(23-12(19)13(14,15)16)8-5-3-4-6-9(8)17(20)21/h3-6,10H,1H2,2H3. The summed E-state index contributed by atoms with van der Waals surface area (Å²) >= 11 is 0. The molecule has 7 nitrogen and oxygen atoms in total. The Hall–Kier alpha value is -2.91. The lowest BCUT2D eigenvalue weighted by atomic mass is 10.0. The van der Waals surface area contributed by atoms with Crippen LogP contribution in [-0.4, -0.2) is 30.1 Å². The van der Waals surface area contributed by atoms with Gasteiger partial charge in [0.25, 0.3) is 5.69 Å². The highest BCUT2D eigenvalue weighted by atomic mass is 19.4. The van der Waals surface area contributed by atoms with Gasteiger partial charge in [0.05, 0.1) is 23.2 Å². The van der Waals surface area contributed by atoms with Gasteiger partial charge >= 0.3 is 18.1 Å². The van der Waals surface area contributed by atoms with E-state index in [1.54, 1.807) is 0 Å². The smallest absolute Gasteiger partial charge is 0.466 e. The molecule has 0 heterocycles. The molecular weight excluding hydrogens is 323 g/mol. The monoisotopic (exact) mass is 333 g/mol. The molecule has 1 aromatic rings. The molecule has 0 aromatic heterocycles. The van der Waals surface area contributed by atoms with Crippen LogP contribution in [0.1, 0.15) is 11.7 Å². The molecule has 0 radical (unpaired) electrons. The summed E-state index contributed by atoms with van der Waals surface area (Å²) in [5.74, 6) is -3.80. The van der Waals surface area contributed by atoms with E-state index in [1.165, 1.54) is 12.1 Å². The molecule has 23 heavy (non-hydrogen) atoms. The van der Waals surface area contributed by atoms with Gasteiger partial charge in [-0.05, 0) is 6.07 Å².